The molecule has 0 aliphatic heterocycles. The number of aromatic nitrogens is 1. The molecule has 1 heterocycles. The molecule has 2 rings (SSSR count). The molecule has 1 unspecified atom stereocenters. The Hall–Kier alpha value is -2.69. The van der Waals surface area contributed by atoms with Gasteiger partial charge in [-0.3, -0.25) is 14.6 Å². The van der Waals surface area contributed by atoms with Crippen LogP contribution in [0.2, 0.25) is 0 Å². The Morgan fingerprint density at radius 3 is 2.35 bits per heavy atom. The zero-order chi connectivity index (χ0) is 16.7. The third-order valence-electron chi connectivity index (χ3n) is 3.69. The Morgan fingerprint density at radius 2 is 1.74 bits per heavy atom. The molecule has 1 aromatic heterocycles. The average molecular weight is 312 g/mol. The minimum absolute atomic E-state index is 0.370. The van der Waals surface area contributed by atoms with Gasteiger partial charge in [0.2, 0.25) is 5.91 Å². The maximum atomic E-state index is 12.4. The SMILES string of the molecule is CC(C(=O)O)C(=O)N(CCc1ccccc1)Cc1ccncc1. The number of amides is 1. The summed E-state index contributed by atoms with van der Waals surface area (Å²) >= 11 is 0. The average Bonchev–Trinajstić information content (AvgIpc) is 2.59. The summed E-state index contributed by atoms with van der Waals surface area (Å²) in [6.07, 6.45) is 4.01. The van der Waals surface area contributed by atoms with E-state index in [0.29, 0.717) is 19.5 Å². The second-order valence-corrected chi connectivity index (χ2v) is 5.41. The molecule has 0 saturated carbocycles. The summed E-state index contributed by atoms with van der Waals surface area (Å²) in [6.45, 7) is 2.28. The molecule has 0 saturated heterocycles. The lowest BCUT2D eigenvalue weighted by molar-refractivity contribution is -0.150. The highest BCUT2D eigenvalue weighted by Gasteiger charge is 2.26. The van der Waals surface area contributed by atoms with Gasteiger partial charge >= 0.3 is 5.97 Å². The summed E-state index contributed by atoms with van der Waals surface area (Å²) in [6, 6.07) is 13.5. The molecule has 0 bridgehead atoms. The van der Waals surface area contributed by atoms with E-state index in [9.17, 15) is 9.59 Å². The van der Waals surface area contributed by atoms with Crippen LogP contribution in [0.4, 0.5) is 0 Å². The number of carbonyl (C=O) groups excluding carboxylic acids is 1. The third kappa shape index (κ3) is 4.92. The van der Waals surface area contributed by atoms with Gasteiger partial charge in [-0.2, -0.15) is 0 Å². The zero-order valence-corrected chi connectivity index (χ0v) is 13.1. The Bertz CT molecular complexity index is 644. The van der Waals surface area contributed by atoms with Crippen molar-refractivity contribution in [3.05, 3.63) is 66.0 Å². The van der Waals surface area contributed by atoms with Gasteiger partial charge in [-0.1, -0.05) is 30.3 Å². The highest BCUT2D eigenvalue weighted by molar-refractivity contribution is 5.96. The van der Waals surface area contributed by atoms with E-state index in [2.05, 4.69) is 4.98 Å². The van der Waals surface area contributed by atoms with Crippen LogP contribution in [0.5, 0.6) is 0 Å². The van der Waals surface area contributed by atoms with Gasteiger partial charge < -0.3 is 10.0 Å². The Balaban J connectivity index is 2.10. The number of carboxylic acids is 1. The van der Waals surface area contributed by atoms with Crippen molar-refractivity contribution in [1.82, 2.24) is 9.88 Å². The second-order valence-electron chi connectivity index (χ2n) is 5.41. The quantitative estimate of drug-likeness (QED) is 0.797. The Morgan fingerprint density at radius 1 is 1.09 bits per heavy atom. The zero-order valence-electron chi connectivity index (χ0n) is 13.1. The predicted octanol–water partition coefficient (Wildman–Crippen LogP) is 2.37. The molecule has 1 aromatic carbocycles. The van der Waals surface area contributed by atoms with Crippen LogP contribution in [0, 0.1) is 5.92 Å². The number of carbonyl (C=O) groups is 2. The van der Waals surface area contributed by atoms with Crippen molar-refractivity contribution in [2.45, 2.75) is 19.9 Å². The molecule has 5 nitrogen and oxygen atoms in total. The third-order valence-corrected chi connectivity index (χ3v) is 3.69. The van der Waals surface area contributed by atoms with Crippen LogP contribution < -0.4 is 0 Å². The molecule has 0 aliphatic rings. The highest BCUT2D eigenvalue weighted by atomic mass is 16.4. The van der Waals surface area contributed by atoms with Crippen LogP contribution in [0.15, 0.2) is 54.9 Å². The summed E-state index contributed by atoms with van der Waals surface area (Å²) in [5.41, 5.74) is 2.04. The van der Waals surface area contributed by atoms with E-state index in [-0.39, 0.29) is 5.91 Å². The smallest absolute Gasteiger partial charge is 0.315 e. The molecule has 1 atom stereocenters. The van der Waals surface area contributed by atoms with Crippen molar-refractivity contribution in [1.29, 1.82) is 0 Å². The van der Waals surface area contributed by atoms with Gasteiger partial charge in [0.25, 0.3) is 0 Å². The maximum Gasteiger partial charge on any atom is 0.315 e. The Kier molecular flexibility index (Phi) is 5.86. The lowest BCUT2D eigenvalue weighted by Crippen LogP contribution is -2.39. The fraction of sp³-hybridized carbons (Fsp3) is 0.278. The number of hydrogen-bond donors (Lipinski definition) is 1. The van der Waals surface area contributed by atoms with Gasteiger partial charge in [-0.15, -0.1) is 0 Å². The Labute approximate surface area is 135 Å². The standard InChI is InChI=1S/C18H20N2O3/c1-14(18(22)23)17(21)20(13-16-7-10-19-11-8-16)12-9-15-5-3-2-4-6-15/h2-8,10-11,14H,9,12-13H2,1H3,(H,22,23). The van der Waals surface area contributed by atoms with Crippen LogP contribution in [0.3, 0.4) is 0 Å². The molecule has 0 spiro atoms. The number of nitrogens with zero attached hydrogens (tertiary/aromatic N) is 2. The van der Waals surface area contributed by atoms with Crippen molar-refractivity contribution in [3.63, 3.8) is 0 Å². The fourth-order valence-electron chi connectivity index (χ4n) is 2.26. The molecule has 0 radical (unpaired) electrons. The first kappa shape index (κ1) is 16.7. The van der Waals surface area contributed by atoms with E-state index < -0.39 is 11.9 Å². The first-order valence-corrected chi connectivity index (χ1v) is 7.52. The van der Waals surface area contributed by atoms with Crippen LogP contribution in [-0.2, 0) is 22.6 Å². The minimum Gasteiger partial charge on any atom is -0.481 e. The molecule has 23 heavy (non-hydrogen) atoms. The van der Waals surface area contributed by atoms with E-state index in [1.54, 1.807) is 17.3 Å². The second kappa shape index (κ2) is 8.08. The normalized spacial score (nSPS) is 11.7. The maximum absolute atomic E-state index is 12.4. The highest BCUT2D eigenvalue weighted by Crippen LogP contribution is 2.11. The molecule has 120 valence electrons. The van der Waals surface area contributed by atoms with Crippen molar-refractivity contribution in [2.75, 3.05) is 6.54 Å². The van der Waals surface area contributed by atoms with E-state index in [1.165, 1.54) is 6.92 Å². The van der Waals surface area contributed by atoms with Crippen molar-refractivity contribution in [2.24, 2.45) is 5.92 Å². The summed E-state index contributed by atoms with van der Waals surface area (Å²) in [7, 11) is 0. The molecule has 1 amide bonds. The number of benzene rings is 1. The number of carboxylic acid groups (broad SMARTS) is 1. The molecular formula is C18H20N2O3. The van der Waals surface area contributed by atoms with Gasteiger partial charge in [-0.25, -0.2) is 0 Å². The monoisotopic (exact) mass is 312 g/mol. The van der Waals surface area contributed by atoms with Gasteiger partial charge in [0.05, 0.1) is 0 Å². The van der Waals surface area contributed by atoms with Gasteiger partial charge in [-0.05, 0) is 36.6 Å². The number of pyridine rings is 1. The van der Waals surface area contributed by atoms with E-state index in [4.69, 9.17) is 5.11 Å². The van der Waals surface area contributed by atoms with Gasteiger partial charge in [0.15, 0.2) is 0 Å². The molecule has 2 aromatic rings. The summed E-state index contributed by atoms with van der Waals surface area (Å²) < 4.78 is 0. The number of rotatable bonds is 7. The minimum atomic E-state index is -1.10. The van der Waals surface area contributed by atoms with E-state index in [0.717, 1.165) is 11.1 Å². The first-order valence-electron chi connectivity index (χ1n) is 7.52. The molecular weight excluding hydrogens is 292 g/mol. The van der Waals surface area contributed by atoms with Crippen molar-refractivity contribution < 1.29 is 14.7 Å². The number of aliphatic carboxylic acids is 1. The van der Waals surface area contributed by atoms with Crippen LogP contribution in [-0.4, -0.2) is 33.4 Å². The predicted molar refractivity (Wildman–Crippen MR) is 86.6 cm³/mol. The largest absolute Gasteiger partial charge is 0.481 e. The van der Waals surface area contributed by atoms with E-state index in [1.807, 2.05) is 42.5 Å². The van der Waals surface area contributed by atoms with Crippen LogP contribution in [0.25, 0.3) is 0 Å². The summed E-state index contributed by atoms with van der Waals surface area (Å²) in [5, 5.41) is 9.10. The lowest BCUT2D eigenvalue weighted by Gasteiger charge is -2.24. The molecule has 1 N–H and O–H groups in total. The van der Waals surface area contributed by atoms with E-state index >= 15 is 0 Å². The lowest BCUT2D eigenvalue weighted by atomic mass is 10.1. The molecule has 0 aliphatic carbocycles. The van der Waals surface area contributed by atoms with Crippen molar-refractivity contribution in [3.8, 4) is 0 Å². The molecule has 0 fully saturated rings. The summed E-state index contributed by atoms with van der Waals surface area (Å²) in [5.74, 6) is -2.52. The van der Waals surface area contributed by atoms with Crippen molar-refractivity contribution >= 4 is 11.9 Å². The topological polar surface area (TPSA) is 70.5 Å². The number of hydrogen-bond acceptors (Lipinski definition) is 3. The van der Waals surface area contributed by atoms with Crippen LogP contribution >= 0.6 is 0 Å². The molecule has 5 heteroatoms. The van der Waals surface area contributed by atoms with Crippen LogP contribution in [0.1, 0.15) is 18.1 Å². The fourth-order valence-corrected chi connectivity index (χ4v) is 2.26. The first-order chi connectivity index (χ1) is 11.1. The van der Waals surface area contributed by atoms with Gasteiger partial charge in [0.1, 0.15) is 5.92 Å². The van der Waals surface area contributed by atoms with Gasteiger partial charge in [0, 0.05) is 25.5 Å². The summed E-state index contributed by atoms with van der Waals surface area (Å²) in [4.78, 5) is 29.1.